The van der Waals surface area contributed by atoms with E-state index >= 15 is 0 Å². The number of nitrogens with zero attached hydrogens (tertiary/aromatic N) is 1. The van der Waals surface area contributed by atoms with Crippen LogP contribution in [-0.2, 0) is 4.79 Å². The number of hydrogen-bond acceptors (Lipinski definition) is 3. The molecule has 1 N–H and O–H groups in total. The van der Waals surface area contributed by atoms with Crippen LogP contribution in [0.2, 0.25) is 0 Å². The standard InChI is InChI=1S/C15H24N2O2/c1-5-16-15(2,3)14(18)17(4)11-12-19-13-9-7-6-8-10-13/h6-10,16H,5,11-12H2,1-4H3. The van der Waals surface area contributed by atoms with Crippen molar-refractivity contribution in [3.63, 3.8) is 0 Å². The zero-order valence-corrected chi connectivity index (χ0v) is 12.3. The van der Waals surface area contributed by atoms with Crippen molar-refractivity contribution in [1.29, 1.82) is 0 Å². The number of carbonyl (C=O) groups is 1. The molecule has 0 atom stereocenters. The van der Waals surface area contributed by atoms with Crippen LogP contribution in [0, 0.1) is 0 Å². The molecule has 0 aliphatic heterocycles. The number of rotatable bonds is 7. The lowest BCUT2D eigenvalue weighted by Crippen LogP contribution is -2.53. The molecule has 0 bridgehead atoms. The molecule has 0 radical (unpaired) electrons. The zero-order chi connectivity index (χ0) is 14.3. The average molecular weight is 264 g/mol. The number of para-hydroxylation sites is 1. The molecule has 0 saturated heterocycles. The van der Waals surface area contributed by atoms with Gasteiger partial charge in [-0.3, -0.25) is 4.79 Å². The van der Waals surface area contributed by atoms with Gasteiger partial charge < -0.3 is 15.0 Å². The Kier molecular flexibility index (Phi) is 5.83. The molecular formula is C15H24N2O2. The second-order valence-electron chi connectivity index (χ2n) is 5.04. The fourth-order valence-corrected chi connectivity index (χ4v) is 1.91. The maximum absolute atomic E-state index is 12.2. The van der Waals surface area contributed by atoms with E-state index in [0.29, 0.717) is 13.2 Å². The lowest BCUT2D eigenvalue weighted by Gasteiger charge is -2.30. The lowest BCUT2D eigenvalue weighted by atomic mass is 10.0. The van der Waals surface area contributed by atoms with Gasteiger partial charge in [0.2, 0.25) is 5.91 Å². The van der Waals surface area contributed by atoms with E-state index < -0.39 is 5.54 Å². The van der Waals surface area contributed by atoms with Gasteiger partial charge in [-0.25, -0.2) is 0 Å². The summed E-state index contributed by atoms with van der Waals surface area (Å²) in [6.45, 7) is 7.62. The fourth-order valence-electron chi connectivity index (χ4n) is 1.91. The number of likely N-dealkylation sites (N-methyl/N-ethyl adjacent to an activating group) is 2. The summed E-state index contributed by atoms with van der Waals surface area (Å²) in [4.78, 5) is 13.9. The quantitative estimate of drug-likeness (QED) is 0.818. The Bertz CT molecular complexity index is 390. The first kappa shape index (κ1) is 15.5. The number of amides is 1. The van der Waals surface area contributed by atoms with Crippen LogP contribution in [0.5, 0.6) is 5.75 Å². The Morgan fingerprint density at radius 2 is 1.95 bits per heavy atom. The second kappa shape index (κ2) is 7.14. The molecule has 0 spiro atoms. The van der Waals surface area contributed by atoms with Crippen molar-refractivity contribution in [2.24, 2.45) is 0 Å². The molecule has 1 aromatic carbocycles. The Morgan fingerprint density at radius 3 is 2.53 bits per heavy atom. The SMILES string of the molecule is CCNC(C)(C)C(=O)N(C)CCOc1ccccc1. The Balaban J connectivity index is 2.39. The van der Waals surface area contributed by atoms with Crippen molar-refractivity contribution in [2.75, 3.05) is 26.7 Å². The van der Waals surface area contributed by atoms with Gasteiger partial charge in [-0.15, -0.1) is 0 Å². The topological polar surface area (TPSA) is 41.6 Å². The van der Waals surface area contributed by atoms with E-state index in [4.69, 9.17) is 4.74 Å². The molecule has 4 nitrogen and oxygen atoms in total. The summed E-state index contributed by atoms with van der Waals surface area (Å²) in [5, 5.41) is 3.18. The predicted octanol–water partition coefficient (Wildman–Crippen LogP) is 1.91. The molecule has 0 saturated carbocycles. The Hall–Kier alpha value is -1.55. The third kappa shape index (κ3) is 4.91. The van der Waals surface area contributed by atoms with Crippen LogP contribution in [-0.4, -0.2) is 43.1 Å². The van der Waals surface area contributed by atoms with Crippen molar-refractivity contribution in [3.8, 4) is 5.75 Å². The normalized spacial score (nSPS) is 11.2. The molecule has 0 aliphatic carbocycles. The average Bonchev–Trinajstić information content (AvgIpc) is 2.39. The van der Waals surface area contributed by atoms with Crippen molar-refractivity contribution < 1.29 is 9.53 Å². The predicted molar refractivity (Wildman–Crippen MR) is 77.3 cm³/mol. The van der Waals surface area contributed by atoms with E-state index in [0.717, 1.165) is 12.3 Å². The third-order valence-corrected chi connectivity index (χ3v) is 2.94. The minimum absolute atomic E-state index is 0.0750. The highest BCUT2D eigenvalue weighted by Gasteiger charge is 2.28. The molecule has 1 amide bonds. The van der Waals surface area contributed by atoms with E-state index in [9.17, 15) is 4.79 Å². The number of carbonyl (C=O) groups excluding carboxylic acids is 1. The second-order valence-corrected chi connectivity index (χ2v) is 5.04. The van der Waals surface area contributed by atoms with Crippen LogP contribution in [0.3, 0.4) is 0 Å². The minimum atomic E-state index is -0.532. The molecule has 106 valence electrons. The summed E-state index contributed by atoms with van der Waals surface area (Å²) in [5.41, 5.74) is -0.532. The van der Waals surface area contributed by atoms with Crippen molar-refractivity contribution >= 4 is 5.91 Å². The van der Waals surface area contributed by atoms with E-state index in [2.05, 4.69) is 5.32 Å². The van der Waals surface area contributed by atoms with E-state index in [1.165, 1.54) is 0 Å². The summed E-state index contributed by atoms with van der Waals surface area (Å²) >= 11 is 0. The summed E-state index contributed by atoms with van der Waals surface area (Å²) < 4.78 is 5.59. The van der Waals surface area contributed by atoms with Crippen molar-refractivity contribution in [2.45, 2.75) is 26.3 Å². The smallest absolute Gasteiger partial charge is 0.242 e. The molecule has 1 rings (SSSR count). The lowest BCUT2D eigenvalue weighted by molar-refractivity contribution is -0.136. The van der Waals surface area contributed by atoms with Crippen LogP contribution >= 0.6 is 0 Å². The molecule has 0 heterocycles. The van der Waals surface area contributed by atoms with Gasteiger partial charge in [-0.2, -0.15) is 0 Å². The number of nitrogens with one attached hydrogen (secondary N) is 1. The van der Waals surface area contributed by atoms with Gasteiger partial charge in [-0.05, 0) is 32.5 Å². The summed E-state index contributed by atoms with van der Waals surface area (Å²) in [6.07, 6.45) is 0. The van der Waals surface area contributed by atoms with Crippen molar-refractivity contribution in [1.82, 2.24) is 10.2 Å². The van der Waals surface area contributed by atoms with E-state index in [-0.39, 0.29) is 5.91 Å². The first-order chi connectivity index (χ1) is 8.97. The number of ether oxygens (including phenoxy) is 1. The summed E-state index contributed by atoms with van der Waals surface area (Å²) in [7, 11) is 1.80. The first-order valence-corrected chi connectivity index (χ1v) is 6.66. The number of hydrogen-bond donors (Lipinski definition) is 1. The van der Waals surface area contributed by atoms with Gasteiger partial charge >= 0.3 is 0 Å². The van der Waals surface area contributed by atoms with Gasteiger partial charge in [0.25, 0.3) is 0 Å². The van der Waals surface area contributed by atoms with Gasteiger partial charge in [0, 0.05) is 7.05 Å². The summed E-state index contributed by atoms with van der Waals surface area (Å²) in [5.74, 6) is 0.903. The van der Waals surface area contributed by atoms with Gasteiger partial charge in [0.1, 0.15) is 12.4 Å². The zero-order valence-electron chi connectivity index (χ0n) is 12.3. The molecular weight excluding hydrogens is 240 g/mol. The number of benzene rings is 1. The highest BCUT2D eigenvalue weighted by Crippen LogP contribution is 2.09. The van der Waals surface area contributed by atoms with Gasteiger partial charge in [0.15, 0.2) is 0 Å². The van der Waals surface area contributed by atoms with Crippen molar-refractivity contribution in [3.05, 3.63) is 30.3 Å². The van der Waals surface area contributed by atoms with E-state index in [1.54, 1.807) is 11.9 Å². The van der Waals surface area contributed by atoms with Crippen LogP contribution in [0.1, 0.15) is 20.8 Å². The molecule has 19 heavy (non-hydrogen) atoms. The molecule has 1 aromatic rings. The third-order valence-electron chi connectivity index (χ3n) is 2.94. The Morgan fingerprint density at radius 1 is 1.32 bits per heavy atom. The minimum Gasteiger partial charge on any atom is -0.492 e. The fraction of sp³-hybridized carbons (Fsp3) is 0.533. The monoisotopic (exact) mass is 264 g/mol. The van der Waals surface area contributed by atoms with Gasteiger partial charge in [0.05, 0.1) is 12.1 Å². The first-order valence-electron chi connectivity index (χ1n) is 6.66. The van der Waals surface area contributed by atoms with Crippen LogP contribution in [0.15, 0.2) is 30.3 Å². The molecule has 0 unspecified atom stereocenters. The highest BCUT2D eigenvalue weighted by atomic mass is 16.5. The van der Waals surface area contributed by atoms with Crippen LogP contribution in [0.25, 0.3) is 0 Å². The molecule has 4 heteroatoms. The van der Waals surface area contributed by atoms with E-state index in [1.807, 2.05) is 51.1 Å². The maximum Gasteiger partial charge on any atom is 0.242 e. The van der Waals surface area contributed by atoms with Gasteiger partial charge in [-0.1, -0.05) is 25.1 Å². The largest absolute Gasteiger partial charge is 0.492 e. The highest BCUT2D eigenvalue weighted by molar-refractivity contribution is 5.85. The maximum atomic E-state index is 12.2. The van der Waals surface area contributed by atoms with Crippen LogP contribution < -0.4 is 10.1 Å². The summed E-state index contributed by atoms with van der Waals surface area (Å²) in [6, 6.07) is 9.62. The van der Waals surface area contributed by atoms with Crippen LogP contribution in [0.4, 0.5) is 0 Å². The molecule has 0 aromatic heterocycles. The molecule has 0 aliphatic rings. The Labute approximate surface area is 115 Å². The molecule has 0 fully saturated rings.